The number of carbonyl (C=O) groups excluding carboxylic acids is 2. The summed E-state index contributed by atoms with van der Waals surface area (Å²) in [6.45, 7) is 8.09. The number of aryl methyl sites for hydroxylation is 1. The number of carbonyl (C=O) groups is 2. The van der Waals surface area contributed by atoms with Crippen LogP contribution >= 0.6 is 11.6 Å². The molecule has 2 unspecified atom stereocenters. The van der Waals surface area contributed by atoms with E-state index in [4.69, 9.17) is 26.3 Å². The number of aromatic nitrogens is 2. The maximum atomic E-state index is 13.9. The third kappa shape index (κ3) is 7.18. The summed E-state index contributed by atoms with van der Waals surface area (Å²) in [5.74, 6) is -1.88. The van der Waals surface area contributed by atoms with Crippen molar-refractivity contribution in [1.82, 2.24) is 19.8 Å². The number of anilines is 2. The molecule has 1 aromatic heterocycles. The molecule has 14 heteroatoms. The summed E-state index contributed by atoms with van der Waals surface area (Å²) in [4.78, 5) is 43.2. The van der Waals surface area contributed by atoms with Crippen LogP contribution in [0.1, 0.15) is 46.9 Å². The Hall–Kier alpha value is -5.61. The number of amides is 2. The second-order valence-corrected chi connectivity index (χ2v) is 14.4. The SMILES string of the molecule is C=C(F)C(=O)N1CCN(c2nc(OCC3CCN(C(=O)c4cc(CC)c(O)cc4O)C3)nc3c2CCN(c2cccc4cccc(Cl)c24)C3)CC1CC#N. The van der Waals surface area contributed by atoms with Gasteiger partial charge in [0.1, 0.15) is 17.3 Å². The predicted molar refractivity (Wildman–Crippen MR) is 203 cm³/mol. The van der Waals surface area contributed by atoms with Gasteiger partial charge < -0.3 is 34.5 Å². The summed E-state index contributed by atoms with van der Waals surface area (Å²) in [7, 11) is 0. The van der Waals surface area contributed by atoms with Gasteiger partial charge in [-0.25, -0.2) is 4.39 Å². The maximum Gasteiger partial charge on any atom is 0.318 e. The molecule has 0 saturated carbocycles. The van der Waals surface area contributed by atoms with Gasteiger partial charge in [0.05, 0.1) is 48.0 Å². The normalized spacial score (nSPS) is 18.4. The molecule has 280 valence electrons. The second-order valence-electron chi connectivity index (χ2n) is 14.0. The van der Waals surface area contributed by atoms with Crippen LogP contribution in [0.4, 0.5) is 15.9 Å². The van der Waals surface area contributed by atoms with Crippen LogP contribution in [0.5, 0.6) is 17.5 Å². The van der Waals surface area contributed by atoms with Gasteiger partial charge in [0.2, 0.25) is 0 Å². The maximum absolute atomic E-state index is 13.9. The van der Waals surface area contributed by atoms with Gasteiger partial charge in [0.25, 0.3) is 11.8 Å². The zero-order valence-electron chi connectivity index (χ0n) is 30.0. The largest absolute Gasteiger partial charge is 0.508 e. The lowest BCUT2D eigenvalue weighted by molar-refractivity contribution is -0.131. The van der Waals surface area contributed by atoms with Crippen molar-refractivity contribution >= 4 is 45.7 Å². The van der Waals surface area contributed by atoms with Crippen LogP contribution in [0.15, 0.2) is 60.9 Å². The first-order chi connectivity index (χ1) is 26.1. The number of halogens is 2. The Morgan fingerprint density at radius 3 is 2.61 bits per heavy atom. The minimum atomic E-state index is -1.06. The molecule has 3 aliphatic rings. The van der Waals surface area contributed by atoms with E-state index in [1.807, 2.05) is 48.2 Å². The van der Waals surface area contributed by atoms with E-state index in [0.717, 1.165) is 27.7 Å². The van der Waals surface area contributed by atoms with Gasteiger partial charge in [-0.15, -0.1) is 0 Å². The van der Waals surface area contributed by atoms with Crippen LogP contribution in [-0.4, -0.2) is 93.7 Å². The van der Waals surface area contributed by atoms with Crippen LogP contribution < -0.4 is 14.5 Å². The van der Waals surface area contributed by atoms with Crippen LogP contribution in [-0.2, 0) is 24.2 Å². The number of phenols is 2. The molecular formula is C40H41ClFN7O5. The smallest absolute Gasteiger partial charge is 0.318 e. The van der Waals surface area contributed by atoms with Crippen molar-refractivity contribution in [1.29, 1.82) is 5.26 Å². The Morgan fingerprint density at radius 1 is 1.06 bits per heavy atom. The molecule has 2 atom stereocenters. The average molecular weight is 754 g/mol. The number of hydrogen-bond acceptors (Lipinski definition) is 10. The lowest BCUT2D eigenvalue weighted by Gasteiger charge is -2.42. The summed E-state index contributed by atoms with van der Waals surface area (Å²) >= 11 is 6.72. The van der Waals surface area contributed by atoms with Crippen molar-refractivity contribution in [2.75, 3.05) is 55.7 Å². The number of piperazine rings is 1. The highest BCUT2D eigenvalue weighted by Gasteiger charge is 2.35. The van der Waals surface area contributed by atoms with E-state index < -0.39 is 17.8 Å². The fraction of sp³-hybridized carbons (Fsp3) is 0.375. The number of phenolic OH excluding ortho intramolecular Hbond substituents is 2. The number of likely N-dealkylation sites (tertiary alicyclic amines) is 1. The molecule has 4 aromatic rings. The molecule has 3 aliphatic heterocycles. The van der Waals surface area contributed by atoms with Crippen LogP contribution in [0.25, 0.3) is 10.8 Å². The van der Waals surface area contributed by atoms with Gasteiger partial charge >= 0.3 is 6.01 Å². The summed E-state index contributed by atoms with van der Waals surface area (Å²) in [5, 5.41) is 32.8. The summed E-state index contributed by atoms with van der Waals surface area (Å²) in [5.41, 5.74) is 3.43. The van der Waals surface area contributed by atoms with Gasteiger partial charge in [-0.3, -0.25) is 9.59 Å². The van der Waals surface area contributed by atoms with Crippen LogP contribution in [0, 0.1) is 17.2 Å². The fourth-order valence-electron chi connectivity index (χ4n) is 7.80. The zero-order valence-corrected chi connectivity index (χ0v) is 30.7. The van der Waals surface area contributed by atoms with Gasteiger partial charge in [0, 0.05) is 67.9 Å². The molecule has 12 nitrogen and oxygen atoms in total. The lowest BCUT2D eigenvalue weighted by atomic mass is 10.0. The second kappa shape index (κ2) is 15.4. The van der Waals surface area contributed by atoms with Crippen LogP contribution in [0.3, 0.4) is 0 Å². The number of hydrogen-bond donors (Lipinski definition) is 2. The van der Waals surface area contributed by atoms with E-state index in [1.54, 1.807) is 11.0 Å². The van der Waals surface area contributed by atoms with Crippen molar-refractivity contribution in [3.05, 3.63) is 88.3 Å². The minimum Gasteiger partial charge on any atom is -0.508 e. The molecule has 54 heavy (non-hydrogen) atoms. The molecule has 3 aromatic carbocycles. The molecule has 0 spiro atoms. The van der Waals surface area contributed by atoms with E-state index in [9.17, 15) is 29.5 Å². The molecule has 2 saturated heterocycles. The molecule has 7 rings (SSSR count). The quantitative estimate of drug-likeness (QED) is 0.202. The number of rotatable bonds is 9. The Morgan fingerprint density at radius 2 is 1.85 bits per heavy atom. The third-order valence-electron chi connectivity index (χ3n) is 10.6. The number of fused-ring (bicyclic) bond motifs is 2. The van der Waals surface area contributed by atoms with Crippen molar-refractivity contribution in [2.24, 2.45) is 5.92 Å². The van der Waals surface area contributed by atoms with E-state index >= 15 is 0 Å². The number of nitrogens with zero attached hydrogens (tertiary/aromatic N) is 7. The Bertz CT molecular complexity index is 2170. The lowest BCUT2D eigenvalue weighted by Crippen LogP contribution is -2.55. The van der Waals surface area contributed by atoms with Crippen molar-refractivity contribution in [2.45, 2.75) is 45.2 Å². The van der Waals surface area contributed by atoms with E-state index in [0.29, 0.717) is 68.4 Å². The average Bonchev–Trinajstić information content (AvgIpc) is 3.65. The topological polar surface area (TPSA) is 146 Å². The zero-order chi connectivity index (χ0) is 38.1. The molecule has 0 bridgehead atoms. The highest BCUT2D eigenvalue weighted by Crippen LogP contribution is 2.38. The standard InChI is InChI=1S/C40H41ClFN7O5/c1-3-26-18-30(35(51)19-34(26)50)39(53)48-14-11-25(20-48)23-54-40-44-32-22-46(33-9-5-7-27-6-4-8-31(41)36(27)33)15-12-29(32)37(45-40)47-16-17-49(38(52)24(2)42)28(21-47)10-13-43/h4-9,18-19,25,28,50-51H,2-3,10-12,14-17,20-23H2,1H3. The van der Waals surface area contributed by atoms with E-state index in [-0.39, 0.29) is 61.0 Å². The minimum absolute atomic E-state index is 0.0142. The molecule has 2 N–H and O–H groups in total. The van der Waals surface area contributed by atoms with Crippen molar-refractivity contribution in [3.8, 4) is 23.6 Å². The van der Waals surface area contributed by atoms with Crippen molar-refractivity contribution < 1.29 is 28.9 Å². The summed E-state index contributed by atoms with van der Waals surface area (Å²) in [6, 6.07) is 16.4. The monoisotopic (exact) mass is 753 g/mol. The van der Waals surface area contributed by atoms with Gasteiger partial charge in [-0.1, -0.05) is 49.4 Å². The van der Waals surface area contributed by atoms with Crippen molar-refractivity contribution in [3.63, 3.8) is 0 Å². The predicted octanol–water partition coefficient (Wildman–Crippen LogP) is 5.77. The first kappa shape index (κ1) is 36.7. The Balaban J connectivity index is 1.15. The molecule has 2 amide bonds. The first-order valence-corrected chi connectivity index (χ1v) is 18.5. The highest BCUT2D eigenvalue weighted by molar-refractivity contribution is 6.36. The van der Waals surface area contributed by atoms with Gasteiger partial charge in [0.15, 0.2) is 5.83 Å². The van der Waals surface area contributed by atoms with Gasteiger partial charge in [-0.05, 0) is 48.4 Å². The number of nitriles is 1. The third-order valence-corrected chi connectivity index (χ3v) is 10.9. The fourth-order valence-corrected chi connectivity index (χ4v) is 8.08. The number of benzene rings is 3. The van der Waals surface area contributed by atoms with E-state index in [2.05, 4.69) is 17.5 Å². The molecule has 0 radical (unpaired) electrons. The number of ether oxygens (including phenoxy) is 1. The highest BCUT2D eigenvalue weighted by atomic mass is 35.5. The van der Waals surface area contributed by atoms with Crippen LogP contribution in [0.2, 0.25) is 5.02 Å². The summed E-state index contributed by atoms with van der Waals surface area (Å²) in [6.07, 6.45) is 1.81. The summed E-state index contributed by atoms with van der Waals surface area (Å²) < 4.78 is 20.3. The molecule has 0 aliphatic carbocycles. The first-order valence-electron chi connectivity index (χ1n) is 18.1. The molecular weight excluding hydrogens is 713 g/mol. The molecule has 4 heterocycles. The number of aromatic hydroxyl groups is 2. The Kier molecular flexibility index (Phi) is 10.5. The van der Waals surface area contributed by atoms with Gasteiger partial charge in [-0.2, -0.15) is 15.2 Å². The molecule has 2 fully saturated rings. The Labute approximate surface area is 317 Å². The van der Waals surface area contributed by atoms with E-state index in [1.165, 1.54) is 11.0 Å².